The smallest absolute Gasteiger partial charge is 0.126 e. The Morgan fingerprint density at radius 2 is 2.30 bits per heavy atom. The summed E-state index contributed by atoms with van der Waals surface area (Å²) < 4.78 is 13.5. The van der Waals surface area contributed by atoms with Crippen LogP contribution < -0.4 is 10.6 Å². The molecule has 1 saturated heterocycles. The molecule has 1 unspecified atom stereocenters. The molecule has 0 bridgehead atoms. The van der Waals surface area contributed by atoms with E-state index < -0.39 is 0 Å². The summed E-state index contributed by atoms with van der Waals surface area (Å²) in [5, 5.41) is 7.39. The van der Waals surface area contributed by atoms with E-state index in [0.29, 0.717) is 23.2 Å². The molecule has 1 aromatic rings. The first-order valence-corrected chi connectivity index (χ1v) is 7.52. The number of benzene rings is 1. The Labute approximate surface area is 125 Å². The molecule has 1 fully saturated rings. The molecule has 1 aliphatic rings. The second-order valence-corrected chi connectivity index (χ2v) is 5.90. The summed E-state index contributed by atoms with van der Waals surface area (Å²) in [6.07, 6.45) is 1.08. The fourth-order valence-corrected chi connectivity index (χ4v) is 2.78. The van der Waals surface area contributed by atoms with Crippen LogP contribution in [0.15, 0.2) is 12.1 Å². The molecule has 1 aromatic carbocycles. The van der Waals surface area contributed by atoms with Crippen LogP contribution >= 0.6 is 11.6 Å². The van der Waals surface area contributed by atoms with Gasteiger partial charge in [-0.3, -0.25) is 0 Å². The van der Waals surface area contributed by atoms with Crippen LogP contribution in [0.4, 0.5) is 4.39 Å². The van der Waals surface area contributed by atoms with Crippen molar-refractivity contribution in [1.82, 2.24) is 15.5 Å². The fraction of sp³-hybridized carbons (Fsp3) is 0.600. The van der Waals surface area contributed by atoms with E-state index in [1.165, 1.54) is 6.07 Å². The van der Waals surface area contributed by atoms with Crippen LogP contribution in [-0.4, -0.2) is 44.2 Å². The van der Waals surface area contributed by atoms with Crippen molar-refractivity contribution in [3.63, 3.8) is 0 Å². The minimum Gasteiger partial charge on any atom is -0.314 e. The number of hydrogen-bond donors (Lipinski definition) is 2. The Morgan fingerprint density at radius 1 is 1.50 bits per heavy atom. The van der Waals surface area contributed by atoms with E-state index in [1.807, 2.05) is 0 Å². The van der Waals surface area contributed by atoms with Crippen LogP contribution in [0.2, 0.25) is 5.02 Å². The molecule has 0 radical (unpaired) electrons. The van der Waals surface area contributed by atoms with E-state index in [0.717, 1.165) is 38.2 Å². The van der Waals surface area contributed by atoms with Gasteiger partial charge in [-0.05, 0) is 50.2 Å². The van der Waals surface area contributed by atoms with Crippen molar-refractivity contribution >= 4 is 11.6 Å². The lowest BCUT2D eigenvalue weighted by atomic mass is 10.1. The Hall–Kier alpha value is -0.680. The zero-order chi connectivity index (χ0) is 14.5. The molecule has 1 atom stereocenters. The van der Waals surface area contributed by atoms with Crippen LogP contribution in [-0.2, 0) is 6.54 Å². The molecular weight excluding hydrogens is 277 g/mol. The third kappa shape index (κ3) is 4.16. The van der Waals surface area contributed by atoms with Crippen LogP contribution in [0.5, 0.6) is 0 Å². The van der Waals surface area contributed by atoms with E-state index in [-0.39, 0.29) is 5.82 Å². The van der Waals surface area contributed by atoms with E-state index in [1.54, 1.807) is 13.0 Å². The van der Waals surface area contributed by atoms with Gasteiger partial charge in [0.1, 0.15) is 5.82 Å². The van der Waals surface area contributed by atoms with Gasteiger partial charge in [-0.2, -0.15) is 0 Å². The molecule has 0 amide bonds. The number of rotatable bonds is 5. The van der Waals surface area contributed by atoms with Crippen LogP contribution in [0.3, 0.4) is 0 Å². The van der Waals surface area contributed by atoms with E-state index >= 15 is 0 Å². The van der Waals surface area contributed by atoms with Gasteiger partial charge >= 0.3 is 0 Å². The molecule has 2 rings (SSSR count). The van der Waals surface area contributed by atoms with Gasteiger partial charge in [0.05, 0.1) is 0 Å². The monoisotopic (exact) mass is 299 g/mol. The molecule has 0 spiro atoms. The highest BCUT2D eigenvalue weighted by atomic mass is 35.5. The van der Waals surface area contributed by atoms with Gasteiger partial charge in [0.25, 0.3) is 0 Å². The van der Waals surface area contributed by atoms with Crippen LogP contribution in [0, 0.1) is 12.7 Å². The van der Waals surface area contributed by atoms with E-state index in [9.17, 15) is 4.39 Å². The highest BCUT2D eigenvalue weighted by molar-refractivity contribution is 6.31. The predicted molar refractivity (Wildman–Crippen MR) is 81.8 cm³/mol. The molecule has 1 aliphatic heterocycles. The minimum absolute atomic E-state index is 0.192. The molecule has 20 heavy (non-hydrogen) atoms. The Balaban J connectivity index is 1.77. The summed E-state index contributed by atoms with van der Waals surface area (Å²) >= 11 is 6.13. The normalized spacial score (nSPS) is 20.3. The predicted octanol–water partition coefficient (Wildman–Crippen LogP) is 2.17. The highest BCUT2D eigenvalue weighted by Gasteiger charge is 2.17. The summed E-state index contributed by atoms with van der Waals surface area (Å²) in [5.74, 6) is -0.192. The van der Waals surface area contributed by atoms with E-state index in [4.69, 9.17) is 11.6 Å². The molecule has 5 heteroatoms. The second-order valence-electron chi connectivity index (χ2n) is 5.50. The minimum atomic E-state index is -0.192. The number of piperazine rings is 1. The van der Waals surface area contributed by atoms with Crippen LogP contribution in [0.1, 0.15) is 17.5 Å². The average molecular weight is 300 g/mol. The number of aryl methyl sites for hydroxylation is 1. The lowest BCUT2D eigenvalue weighted by Crippen LogP contribution is -2.50. The van der Waals surface area contributed by atoms with Gasteiger partial charge in [-0.15, -0.1) is 0 Å². The van der Waals surface area contributed by atoms with Gasteiger partial charge in [0, 0.05) is 37.2 Å². The fourth-order valence-electron chi connectivity index (χ4n) is 2.50. The van der Waals surface area contributed by atoms with Gasteiger partial charge in [-0.1, -0.05) is 11.6 Å². The zero-order valence-electron chi connectivity index (χ0n) is 12.2. The molecule has 1 heterocycles. The summed E-state index contributed by atoms with van der Waals surface area (Å²) in [4.78, 5) is 2.39. The molecule has 2 N–H and O–H groups in total. The summed E-state index contributed by atoms with van der Waals surface area (Å²) in [6, 6.07) is 3.78. The van der Waals surface area contributed by atoms with Gasteiger partial charge in [0.2, 0.25) is 0 Å². The van der Waals surface area contributed by atoms with E-state index in [2.05, 4.69) is 22.6 Å². The van der Waals surface area contributed by atoms with Crippen LogP contribution in [0.25, 0.3) is 0 Å². The summed E-state index contributed by atoms with van der Waals surface area (Å²) in [6.45, 7) is 6.45. The summed E-state index contributed by atoms with van der Waals surface area (Å²) in [5.41, 5.74) is 1.42. The maximum absolute atomic E-state index is 13.5. The standard InChI is InChI=1S/C15H23ClFN3/c1-11-7-14(16)12(8-15(11)17)9-18-4-3-13-10-19-5-6-20(13)2/h7-8,13,18-19H,3-6,9-10H2,1-2H3. The molecule has 112 valence electrons. The van der Waals surface area contributed by atoms with Crippen molar-refractivity contribution in [3.05, 3.63) is 34.1 Å². The first-order valence-electron chi connectivity index (χ1n) is 7.14. The summed E-state index contributed by atoms with van der Waals surface area (Å²) in [7, 11) is 2.16. The van der Waals surface area contributed by atoms with Gasteiger partial charge < -0.3 is 15.5 Å². The quantitative estimate of drug-likeness (QED) is 0.816. The Bertz CT molecular complexity index is 453. The van der Waals surface area contributed by atoms with Crippen molar-refractivity contribution in [3.8, 4) is 0 Å². The Morgan fingerprint density at radius 3 is 3.05 bits per heavy atom. The third-order valence-corrected chi connectivity index (χ3v) is 4.29. The van der Waals surface area contributed by atoms with Gasteiger partial charge in [0.15, 0.2) is 0 Å². The van der Waals surface area contributed by atoms with Crippen molar-refractivity contribution < 1.29 is 4.39 Å². The third-order valence-electron chi connectivity index (χ3n) is 3.94. The molecule has 0 aliphatic carbocycles. The van der Waals surface area contributed by atoms with Crippen molar-refractivity contribution in [2.24, 2.45) is 0 Å². The molecular formula is C15H23ClFN3. The first-order chi connectivity index (χ1) is 9.58. The van der Waals surface area contributed by atoms with Crippen molar-refractivity contribution in [2.45, 2.75) is 25.9 Å². The number of halogens is 2. The number of nitrogens with one attached hydrogen (secondary N) is 2. The zero-order valence-corrected chi connectivity index (χ0v) is 12.9. The SMILES string of the molecule is Cc1cc(Cl)c(CNCCC2CNCCN2C)cc1F. The first kappa shape index (κ1) is 15.7. The number of likely N-dealkylation sites (N-methyl/N-ethyl adjacent to an activating group) is 1. The van der Waals surface area contributed by atoms with Crippen molar-refractivity contribution in [1.29, 1.82) is 0 Å². The second kappa shape index (κ2) is 7.36. The highest BCUT2D eigenvalue weighted by Crippen LogP contribution is 2.20. The maximum atomic E-state index is 13.5. The number of hydrogen-bond acceptors (Lipinski definition) is 3. The molecule has 0 aromatic heterocycles. The molecule has 0 saturated carbocycles. The lowest BCUT2D eigenvalue weighted by Gasteiger charge is -2.33. The largest absolute Gasteiger partial charge is 0.314 e. The lowest BCUT2D eigenvalue weighted by molar-refractivity contribution is 0.189. The van der Waals surface area contributed by atoms with Gasteiger partial charge in [-0.25, -0.2) is 4.39 Å². The maximum Gasteiger partial charge on any atom is 0.126 e. The average Bonchev–Trinajstić information content (AvgIpc) is 2.42. The number of nitrogens with zero attached hydrogens (tertiary/aromatic N) is 1. The van der Waals surface area contributed by atoms with Crippen molar-refractivity contribution in [2.75, 3.05) is 33.2 Å². The topological polar surface area (TPSA) is 27.3 Å². The molecule has 3 nitrogen and oxygen atoms in total. The Kier molecular flexibility index (Phi) is 5.78.